The fraction of sp³-hybridized carbons (Fsp3) is 0.154. The number of non-ortho nitro benzene ring substituents is 1. The van der Waals surface area contributed by atoms with Crippen LogP contribution in [0.4, 0.5) is 5.69 Å². The normalized spacial score (nSPS) is 11.1. The summed E-state index contributed by atoms with van der Waals surface area (Å²) in [6.45, 7) is 4.48. The molecule has 0 saturated heterocycles. The summed E-state index contributed by atoms with van der Waals surface area (Å²) in [4.78, 5) is 12.0. The number of aromatic nitrogens is 6. The highest BCUT2D eigenvalue weighted by atomic mass is 32.2. The first-order chi connectivity index (χ1) is 17.5. The third-order valence-corrected chi connectivity index (χ3v) is 6.85. The van der Waals surface area contributed by atoms with Crippen molar-refractivity contribution in [1.82, 2.24) is 30.0 Å². The van der Waals surface area contributed by atoms with Crippen LogP contribution in [-0.4, -0.2) is 34.9 Å². The van der Waals surface area contributed by atoms with Gasteiger partial charge in [0.1, 0.15) is 5.03 Å². The van der Waals surface area contributed by atoms with Crippen molar-refractivity contribution in [3.8, 4) is 17.1 Å². The first-order valence-electron chi connectivity index (χ1n) is 11.3. The number of hydrogen-bond donors (Lipinski definition) is 0. The van der Waals surface area contributed by atoms with Gasteiger partial charge < -0.3 is 0 Å². The topological polar surface area (TPSA) is 105 Å². The summed E-state index contributed by atoms with van der Waals surface area (Å²) in [5.41, 5.74) is 6.17. The Morgan fingerprint density at radius 3 is 2.50 bits per heavy atom. The molecule has 0 atom stereocenters. The molecule has 5 aromatic rings. The summed E-state index contributed by atoms with van der Waals surface area (Å²) in [6, 6.07) is 22.9. The van der Waals surface area contributed by atoms with E-state index >= 15 is 0 Å². The van der Waals surface area contributed by atoms with E-state index in [0.717, 1.165) is 38.7 Å². The van der Waals surface area contributed by atoms with Gasteiger partial charge in [0.15, 0.2) is 0 Å². The van der Waals surface area contributed by atoms with E-state index in [1.54, 1.807) is 30.1 Å². The van der Waals surface area contributed by atoms with Crippen molar-refractivity contribution in [1.29, 1.82) is 0 Å². The minimum Gasteiger partial charge on any atom is -0.258 e. The molecule has 0 bridgehead atoms. The van der Waals surface area contributed by atoms with Gasteiger partial charge in [0.25, 0.3) is 5.69 Å². The second-order valence-corrected chi connectivity index (χ2v) is 9.37. The molecule has 0 aliphatic carbocycles. The Bertz CT molecular complexity index is 1510. The molecule has 0 saturated carbocycles. The Hall–Kier alpha value is -4.31. The number of tetrazole rings is 1. The number of aryl methyl sites for hydroxylation is 2. The Kier molecular flexibility index (Phi) is 6.59. The third kappa shape index (κ3) is 5.03. The van der Waals surface area contributed by atoms with Gasteiger partial charge in [-0.1, -0.05) is 54.6 Å². The van der Waals surface area contributed by atoms with E-state index in [1.165, 1.54) is 22.5 Å². The third-order valence-electron chi connectivity index (χ3n) is 5.70. The van der Waals surface area contributed by atoms with Crippen molar-refractivity contribution < 1.29 is 4.92 Å². The fourth-order valence-corrected chi connectivity index (χ4v) is 4.84. The zero-order valence-electron chi connectivity index (χ0n) is 19.8. The van der Waals surface area contributed by atoms with E-state index in [9.17, 15) is 10.1 Å². The molecule has 0 radical (unpaired) electrons. The lowest BCUT2D eigenvalue weighted by atomic mass is 10.1. The number of thioether (sulfide) groups is 1. The Morgan fingerprint density at radius 1 is 0.972 bits per heavy atom. The van der Waals surface area contributed by atoms with Crippen LogP contribution in [0.5, 0.6) is 0 Å². The van der Waals surface area contributed by atoms with Crippen molar-refractivity contribution >= 4 is 17.4 Å². The average molecular weight is 498 g/mol. The molecule has 0 aliphatic rings. The lowest BCUT2D eigenvalue weighted by molar-refractivity contribution is -0.384. The molecular weight excluding hydrogens is 474 g/mol. The fourth-order valence-electron chi connectivity index (χ4n) is 3.78. The smallest absolute Gasteiger partial charge is 0.258 e. The van der Waals surface area contributed by atoms with Gasteiger partial charge in [0.2, 0.25) is 5.82 Å². The van der Waals surface area contributed by atoms with Crippen molar-refractivity contribution in [2.24, 2.45) is 0 Å². The second-order valence-electron chi connectivity index (χ2n) is 8.41. The van der Waals surface area contributed by atoms with Gasteiger partial charge in [-0.3, -0.25) is 10.1 Å². The van der Waals surface area contributed by atoms with Crippen LogP contribution < -0.4 is 0 Å². The van der Waals surface area contributed by atoms with Crippen LogP contribution in [0.15, 0.2) is 84.0 Å². The van der Waals surface area contributed by atoms with Crippen LogP contribution in [0, 0.1) is 24.0 Å². The zero-order chi connectivity index (χ0) is 25.1. The second kappa shape index (κ2) is 10.1. The van der Waals surface area contributed by atoms with Crippen LogP contribution in [0.1, 0.15) is 22.3 Å². The van der Waals surface area contributed by atoms with Crippen molar-refractivity contribution in [2.75, 3.05) is 0 Å². The van der Waals surface area contributed by atoms with Crippen molar-refractivity contribution in [3.05, 3.63) is 111 Å². The highest BCUT2D eigenvalue weighted by Gasteiger charge is 2.20. The molecule has 0 fully saturated rings. The van der Waals surface area contributed by atoms with Gasteiger partial charge in [-0.25, -0.2) is 4.68 Å². The molecule has 0 aliphatic heterocycles. The Morgan fingerprint density at radius 2 is 1.75 bits per heavy atom. The molecule has 3 aromatic carbocycles. The lowest BCUT2D eigenvalue weighted by Crippen LogP contribution is -2.04. The number of hydrogen-bond acceptors (Lipinski definition) is 7. The maximum atomic E-state index is 10.9. The molecule has 0 amide bonds. The van der Waals surface area contributed by atoms with E-state index < -0.39 is 4.92 Å². The lowest BCUT2D eigenvalue weighted by Gasteiger charge is -2.12. The van der Waals surface area contributed by atoms with E-state index in [1.807, 2.05) is 22.9 Å². The van der Waals surface area contributed by atoms with Crippen molar-refractivity contribution in [2.45, 2.75) is 31.2 Å². The minimum absolute atomic E-state index is 0.0462. The predicted octanol–water partition coefficient (Wildman–Crippen LogP) is 5.39. The summed E-state index contributed by atoms with van der Waals surface area (Å²) in [5.74, 6) is 1.24. The molecule has 0 N–H and O–H groups in total. The molecule has 2 aromatic heterocycles. The maximum absolute atomic E-state index is 10.9. The van der Waals surface area contributed by atoms with Crippen molar-refractivity contribution in [3.63, 3.8) is 0 Å². The molecule has 0 unspecified atom stereocenters. The van der Waals surface area contributed by atoms with Crippen LogP contribution >= 0.6 is 11.8 Å². The van der Waals surface area contributed by atoms with E-state index in [0.29, 0.717) is 12.4 Å². The molecule has 9 nitrogen and oxygen atoms in total. The summed E-state index contributed by atoms with van der Waals surface area (Å²) in [7, 11) is 0. The molecule has 0 spiro atoms. The van der Waals surface area contributed by atoms with E-state index in [4.69, 9.17) is 5.10 Å². The first kappa shape index (κ1) is 23.4. The van der Waals surface area contributed by atoms with Crippen LogP contribution in [-0.2, 0) is 12.3 Å². The number of nitro groups is 1. The monoisotopic (exact) mass is 497 g/mol. The summed E-state index contributed by atoms with van der Waals surface area (Å²) in [6.07, 6.45) is 1.78. The van der Waals surface area contributed by atoms with Gasteiger partial charge in [0, 0.05) is 17.9 Å². The number of nitro benzene ring substituents is 1. The van der Waals surface area contributed by atoms with E-state index in [-0.39, 0.29) is 5.69 Å². The summed E-state index contributed by atoms with van der Waals surface area (Å²) >= 11 is 1.67. The highest BCUT2D eigenvalue weighted by Crippen LogP contribution is 2.34. The van der Waals surface area contributed by atoms with Crippen LogP contribution in [0.3, 0.4) is 0 Å². The summed E-state index contributed by atoms with van der Waals surface area (Å²) < 4.78 is 1.95. The Balaban J connectivity index is 1.47. The summed E-state index contributed by atoms with van der Waals surface area (Å²) in [5, 5.41) is 29.7. The van der Waals surface area contributed by atoms with Gasteiger partial charge in [-0.15, -0.1) is 22.0 Å². The maximum Gasteiger partial charge on any atom is 0.269 e. The number of nitrogens with zero attached hydrogens (tertiary/aromatic N) is 7. The number of rotatable bonds is 8. The number of benzene rings is 3. The largest absolute Gasteiger partial charge is 0.269 e. The molecular formula is C26H23N7O2S. The quantitative estimate of drug-likeness (QED) is 0.161. The molecule has 36 heavy (non-hydrogen) atoms. The average Bonchev–Trinajstić information content (AvgIpc) is 3.52. The van der Waals surface area contributed by atoms with E-state index in [2.05, 4.69) is 59.6 Å². The zero-order valence-corrected chi connectivity index (χ0v) is 20.6. The molecule has 2 heterocycles. The van der Waals surface area contributed by atoms with Gasteiger partial charge in [-0.05, 0) is 47.4 Å². The standard InChI is InChI=1S/C26H23N7O2S/c1-18-8-9-19(2)24(14-18)32-26(36-17-21-6-4-3-5-7-21)23(15-27-32)25-28-30-31(29-25)16-20-10-12-22(13-11-20)33(34)35/h3-15H,16-17H2,1-2H3. The van der Waals surface area contributed by atoms with Crippen LogP contribution in [0.2, 0.25) is 0 Å². The van der Waals surface area contributed by atoms with Gasteiger partial charge in [0.05, 0.1) is 28.9 Å². The SMILES string of the molecule is Cc1ccc(C)c(-n2ncc(-c3nnn(Cc4ccc([N+](=O)[O-])cc4)n3)c2SCc2ccccc2)c1. The molecule has 180 valence electrons. The first-order valence-corrected chi connectivity index (χ1v) is 12.3. The van der Waals surface area contributed by atoms with Gasteiger partial charge in [-0.2, -0.15) is 9.90 Å². The Labute approximate surface area is 211 Å². The minimum atomic E-state index is -0.419. The highest BCUT2D eigenvalue weighted by molar-refractivity contribution is 7.98. The molecule has 5 rings (SSSR count). The molecule has 10 heteroatoms. The predicted molar refractivity (Wildman–Crippen MR) is 138 cm³/mol. The van der Waals surface area contributed by atoms with Gasteiger partial charge >= 0.3 is 0 Å². The van der Waals surface area contributed by atoms with Crippen LogP contribution in [0.25, 0.3) is 17.1 Å².